The number of H-pyrrole nitrogens is 1. The average molecular weight is 158 g/mol. The summed E-state index contributed by atoms with van der Waals surface area (Å²) in [6.45, 7) is 0. The lowest BCUT2D eigenvalue weighted by Gasteiger charge is -1.89. The van der Waals surface area contributed by atoms with Gasteiger partial charge >= 0.3 is 5.97 Å². The molecule has 3 N–H and O–H groups in total. The molecule has 0 saturated carbocycles. The van der Waals surface area contributed by atoms with Crippen LogP contribution in [0.4, 0.5) is 0 Å². The van der Waals surface area contributed by atoms with E-state index in [-0.39, 0.29) is 12.4 Å². The SMILES string of the molecule is COC(=O)Cc1nn[n+](N)[nH]1. The predicted molar refractivity (Wildman–Crippen MR) is 32.4 cm³/mol. The number of carbonyl (C=O) groups is 1. The van der Waals surface area contributed by atoms with Gasteiger partial charge in [0.2, 0.25) is 0 Å². The van der Waals surface area contributed by atoms with Gasteiger partial charge in [0.1, 0.15) is 6.42 Å². The van der Waals surface area contributed by atoms with Gasteiger partial charge in [-0.3, -0.25) is 4.79 Å². The first-order valence-electron chi connectivity index (χ1n) is 2.88. The van der Waals surface area contributed by atoms with Gasteiger partial charge in [0.05, 0.1) is 17.1 Å². The van der Waals surface area contributed by atoms with E-state index in [1.54, 1.807) is 0 Å². The molecule has 0 aromatic carbocycles. The summed E-state index contributed by atoms with van der Waals surface area (Å²) in [4.78, 5) is 11.5. The first-order chi connectivity index (χ1) is 5.22. The summed E-state index contributed by atoms with van der Waals surface area (Å²) < 4.78 is 4.39. The van der Waals surface area contributed by atoms with Crippen LogP contribution in [0.5, 0.6) is 0 Å². The number of ether oxygens (including phenoxy) is 1. The number of aromatic amines is 1. The molecule has 0 amide bonds. The van der Waals surface area contributed by atoms with Crippen LogP contribution in [0.25, 0.3) is 0 Å². The van der Waals surface area contributed by atoms with Crippen LogP contribution in [-0.2, 0) is 16.0 Å². The van der Waals surface area contributed by atoms with Crippen LogP contribution in [0.3, 0.4) is 0 Å². The van der Waals surface area contributed by atoms with Crippen molar-refractivity contribution in [2.75, 3.05) is 13.0 Å². The van der Waals surface area contributed by atoms with Crippen molar-refractivity contribution in [3.05, 3.63) is 5.82 Å². The van der Waals surface area contributed by atoms with Crippen molar-refractivity contribution in [1.82, 2.24) is 15.4 Å². The number of tetrazole rings is 1. The van der Waals surface area contributed by atoms with Gasteiger partial charge in [-0.15, -0.1) is 5.10 Å². The van der Waals surface area contributed by atoms with E-state index < -0.39 is 0 Å². The Bertz CT molecular complexity index is 257. The molecule has 0 unspecified atom stereocenters. The lowest BCUT2D eigenvalue weighted by molar-refractivity contribution is -0.755. The molecule has 11 heavy (non-hydrogen) atoms. The summed E-state index contributed by atoms with van der Waals surface area (Å²) in [5.74, 6) is 5.12. The third-order valence-electron chi connectivity index (χ3n) is 1.04. The second-order valence-corrected chi connectivity index (χ2v) is 1.85. The lowest BCUT2D eigenvalue weighted by atomic mass is 10.4. The van der Waals surface area contributed by atoms with Gasteiger partial charge in [-0.2, -0.15) is 0 Å². The van der Waals surface area contributed by atoms with Crippen molar-refractivity contribution >= 4 is 5.97 Å². The highest BCUT2D eigenvalue weighted by atomic mass is 16.5. The summed E-state index contributed by atoms with van der Waals surface area (Å²) in [6, 6.07) is 0. The van der Waals surface area contributed by atoms with Crippen molar-refractivity contribution < 1.29 is 14.4 Å². The summed E-state index contributed by atoms with van der Waals surface area (Å²) in [6.07, 6.45) is 0.0493. The molecular weight excluding hydrogens is 150 g/mol. The molecule has 0 atom stereocenters. The summed E-state index contributed by atoms with van der Waals surface area (Å²) in [5.41, 5.74) is 0. The number of nitrogens with zero attached hydrogens (tertiary/aromatic N) is 3. The Kier molecular flexibility index (Phi) is 2.00. The number of rotatable bonds is 2. The highest BCUT2D eigenvalue weighted by Gasteiger charge is 2.13. The monoisotopic (exact) mass is 158 g/mol. The molecule has 1 rings (SSSR count). The van der Waals surface area contributed by atoms with Crippen molar-refractivity contribution in [2.45, 2.75) is 6.42 Å². The molecule has 0 aliphatic heterocycles. The molecule has 0 aliphatic rings. The van der Waals surface area contributed by atoms with Crippen molar-refractivity contribution in [1.29, 1.82) is 0 Å². The number of hydrogen-bond acceptors (Lipinski definition) is 5. The van der Waals surface area contributed by atoms with Crippen LogP contribution in [-0.4, -0.2) is 28.5 Å². The molecule has 1 aromatic heterocycles. The molecular formula is C4H8N5O2+. The number of nitrogens with two attached hydrogens (primary N) is 1. The molecule has 1 heterocycles. The number of nitrogens with one attached hydrogen (secondary N) is 1. The second-order valence-electron chi connectivity index (χ2n) is 1.85. The predicted octanol–water partition coefficient (Wildman–Crippen LogP) is -2.48. The van der Waals surface area contributed by atoms with Gasteiger partial charge < -0.3 is 4.74 Å². The second kappa shape index (κ2) is 2.95. The first kappa shape index (κ1) is 7.45. The standard InChI is InChI=1S/C4H7N5O2/c1-11-4(10)2-3-6-8-9(5)7-3/h2,5H2,1H3/p+1. The fourth-order valence-electron chi connectivity index (χ4n) is 0.563. The van der Waals surface area contributed by atoms with E-state index in [2.05, 4.69) is 20.1 Å². The van der Waals surface area contributed by atoms with Crippen LogP contribution < -0.4 is 10.7 Å². The molecule has 0 radical (unpaired) electrons. The summed E-state index contributed by atoms with van der Waals surface area (Å²) in [7, 11) is 1.30. The maximum atomic E-state index is 10.6. The van der Waals surface area contributed by atoms with Crippen LogP contribution in [0.2, 0.25) is 0 Å². The van der Waals surface area contributed by atoms with Gasteiger partial charge in [0.15, 0.2) is 5.21 Å². The van der Waals surface area contributed by atoms with Gasteiger partial charge in [0, 0.05) is 0 Å². The molecule has 0 saturated heterocycles. The Morgan fingerprint density at radius 2 is 2.64 bits per heavy atom. The minimum Gasteiger partial charge on any atom is -0.469 e. The number of aromatic nitrogens is 4. The molecule has 7 nitrogen and oxygen atoms in total. The maximum absolute atomic E-state index is 10.6. The maximum Gasteiger partial charge on any atom is 0.315 e. The van der Waals surface area contributed by atoms with E-state index in [0.717, 1.165) is 4.91 Å². The highest BCUT2D eigenvalue weighted by Crippen LogP contribution is 1.85. The largest absolute Gasteiger partial charge is 0.469 e. The van der Waals surface area contributed by atoms with Gasteiger partial charge in [0.25, 0.3) is 5.82 Å². The van der Waals surface area contributed by atoms with Crippen molar-refractivity contribution in [3.8, 4) is 0 Å². The number of hydrogen-bond donors (Lipinski definition) is 2. The van der Waals surface area contributed by atoms with Crippen LogP contribution >= 0.6 is 0 Å². The first-order valence-corrected chi connectivity index (χ1v) is 2.88. The Morgan fingerprint density at radius 3 is 3.09 bits per heavy atom. The van der Waals surface area contributed by atoms with Crippen LogP contribution in [0.1, 0.15) is 5.82 Å². The molecule has 0 aliphatic carbocycles. The van der Waals surface area contributed by atoms with Crippen LogP contribution in [0, 0.1) is 0 Å². The van der Waals surface area contributed by atoms with Gasteiger partial charge in [-0.05, 0) is 0 Å². The van der Waals surface area contributed by atoms with Crippen LogP contribution in [0.15, 0.2) is 0 Å². The fourth-order valence-corrected chi connectivity index (χ4v) is 0.563. The third kappa shape index (κ3) is 1.88. The molecule has 7 heteroatoms. The third-order valence-corrected chi connectivity index (χ3v) is 1.04. The molecule has 1 aromatic rings. The Hall–Kier alpha value is -1.66. The fraction of sp³-hybridized carbons (Fsp3) is 0.500. The zero-order chi connectivity index (χ0) is 8.27. The Labute approximate surface area is 62.1 Å². The minimum absolute atomic E-state index is 0.0493. The normalized spacial score (nSPS) is 9.55. The Balaban J connectivity index is 2.57. The van der Waals surface area contributed by atoms with E-state index >= 15 is 0 Å². The van der Waals surface area contributed by atoms with Gasteiger partial charge in [-0.1, -0.05) is 0 Å². The summed E-state index contributed by atoms with van der Waals surface area (Å²) in [5, 5.41) is 9.43. The molecule has 60 valence electrons. The highest BCUT2D eigenvalue weighted by molar-refractivity contribution is 5.71. The van der Waals surface area contributed by atoms with E-state index in [0.29, 0.717) is 5.82 Å². The quantitative estimate of drug-likeness (QED) is 0.282. The number of methoxy groups -OCH3 is 1. The number of nitrogen functional groups attached to an aromatic ring is 1. The summed E-state index contributed by atoms with van der Waals surface area (Å²) >= 11 is 0. The number of carbonyl (C=O) groups excluding carboxylic acids is 1. The van der Waals surface area contributed by atoms with Gasteiger partial charge in [-0.25, -0.2) is 5.84 Å². The van der Waals surface area contributed by atoms with E-state index in [9.17, 15) is 4.79 Å². The topological polar surface area (TPSA) is 97.8 Å². The average Bonchev–Trinajstić information content (AvgIpc) is 2.35. The zero-order valence-corrected chi connectivity index (χ0v) is 5.94. The lowest BCUT2D eigenvalue weighted by Crippen LogP contribution is -2.49. The van der Waals surface area contributed by atoms with E-state index in [1.807, 2.05) is 0 Å². The smallest absolute Gasteiger partial charge is 0.315 e. The minimum atomic E-state index is -0.387. The molecule has 0 bridgehead atoms. The van der Waals surface area contributed by atoms with E-state index in [4.69, 9.17) is 5.84 Å². The Morgan fingerprint density at radius 1 is 1.91 bits per heavy atom. The zero-order valence-electron chi connectivity index (χ0n) is 5.94. The molecule has 0 spiro atoms. The molecule has 0 fully saturated rings. The van der Waals surface area contributed by atoms with Crippen molar-refractivity contribution in [3.63, 3.8) is 0 Å². The number of esters is 1. The van der Waals surface area contributed by atoms with Crippen molar-refractivity contribution in [2.24, 2.45) is 0 Å². The van der Waals surface area contributed by atoms with E-state index in [1.165, 1.54) is 7.11 Å².